The van der Waals surface area contributed by atoms with Crippen molar-refractivity contribution < 1.29 is 23.9 Å². The number of carbonyl (C=O) groups is 3. The fourth-order valence-electron chi connectivity index (χ4n) is 5.46. The molecule has 1 aliphatic rings. The Hall–Kier alpha value is -4.92. The highest BCUT2D eigenvalue weighted by Crippen LogP contribution is 2.26. The number of amides is 2. The summed E-state index contributed by atoms with van der Waals surface area (Å²) < 4.78 is 11.6. The van der Waals surface area contributed by atoms with Gasteiger partial charge in [0.2, 0.25) is 5.91 Å². The number of aryl methyl sites for hydroxylation is 1. The van der Waals surface area contributed by atoms with Crippen LogP contribution in [-0.4, -0.2) is 67.0 Å². The van der Waals surface area contributed by atoms with Gasteiger partial charge in [-0.1, -0.05) is 68.4 Å². The number of aromatic nitrogens is 1. The average molecular weight is 623 g/mol. The Labute approximate surface area is 270 Å². The van der Waals surface area contributed by atoms with E-state index in [1.807, 2.05) is 74.5 Å². The largest absolute Gasteiger partial charge is 0.488 e. The molecule has 0 spiro atoms. The van der Waals surface area contributed by atoms with Gasteiger partial charge < -0.3 is 24.6 Å². The van der Waals surface area contributed by atoms with Crippen LogP contribution in [0.3, 0.4) is 0 Å². The summed E-state index contributed by atoms with van der Waals surface area (Å²) in [4.78, 5) is 48.7. The van der Waals surface area contributed by atoms with Crippen molar-refractivity contribution in [3.8, 4) is 5.75 Å². The third kappa shape index (κ3) is 8.41. The number of ether oxygens (including phenoxy) is 2. The number of nitrogens with one attached hydrogen (secondary N) is 1. The summed E-state index contributed by atoms with van der Waals surface area (Å²) in [5.41, 5.74) is 4.14. The quantitative estimate of drug-likeness (QED) is 0.167. The third-order valence-electron chi connectivity index (χ3n) is 7.97. The SMILES string of the molecule is Cc1cccc(N2CCN(C(=O)C(CCNC(=O)c3cc(OCc4ccccc4)c4ccccc4n3)C(=O)OCC(C)C)CC2)c1. The summed E-state index contributed by atoms with van der Waals surface area (Å²) in [7, 11) is 0. The Balaban J connectivity index is 1.24. The van der Waals surface area contributed by atoms with Gasteiger partial charge in [-0.2, -0.15) is 0 Å². The zero-order chi connectivity index (χ0) is 32.5. The van der Waals surface area contributed by atoms with Gasteiger partial charge in [-0.3, -0.25) is 14.4 Å². The highest BCUT2D eigenvalue weighted by atomic mass is 16.5. The molecule has 0 saturated carbocycles. The van der Waals surface area contributed by atoms with Crippen LogP contribution in [-0.2, 0) is 20.9 Å². The molecular formula is C37H42N4O5. The predicted molar refractivity (Wildman–Crippen MR) is 179 cm³/mol. The van der Waals surface area contributed by atoms with Gasteiger partial charge in [0.25, 0.3) is 5.91 Å². The highest BCUT2D eigenvalue weighted by Gasteiger charge is 2.34. The minimum Gasteiger partial charge on any atom is -0.488 e. The van der Waals surface area contributed by atoms with E-state index < -0.39 is 17.8 Å². The summed E-state index contributed by atoms with van der Waals surface area (Å²) in [6, 6.07) is 27.2. The molecule has 0 aliphatic carbocycles. The van der Waals surface area contributed by atoms with E-state index in [4.69, 9.17) is 9.47 Å². The summed E-state index contributed by atoms with van der Waals surface area (Å²) in [5, 5.41) is 3.66. The second-order valence-corrected chi connectivity index (χ2v) is 12.1. The van der Waals surface area contributed by atoms with Gasteiger partial charge in [0, 0.05) is 49.9 Å². The Bertz CT molecular complexity index is 1650. The van der Waals surface area contributed by atoms with Gasteiger partial charge in [-0.25, -0.2) is 4.98 Å². The molecule has 0 bridgehead atoms. The lowest BCUT2D eigenvalue weighted by molar-refractivity contribution is -0.157. The van der Waals surface area contributed by atoms with Crippen LogP contribution < -0.4 is 15.0 Å². The van der Waals surface area contributed by atoms with Gasteiger partial charge >= 0.3 is 5.97 Å². The van der Waals surface area contributed by atoms with Crippen molar-refractivity contribution in [2.75, 3.05) is 44.2 Å². The smallest absolute Gasteiger partial charge is 0.318 e. The number of hydrogen-bond donors (Lipinski definition) is 1. The second kappa shape index (κ2) is 15.4. The molecule has 4 aromatic rings. The number of piperazine rings is 1. The maximum absolute atomic E-state index is 13.7. The van der Waals surface area contributed by atoms with Crippen molar-refractivity contribution in [2.45, 2.75) is 33.8 Å². The Kier molecular flexibility index (Phi) is 10.9. The first-order valence-electron chi connectivity index (χ1n) is 15.9. The standard InChI is InChI=1S/C37H42N4O5/c1-26(2)24-46-37(44)31(36(43)41-20-18-40(19-21-41)29-13-9-10-27(3)22-29)16-17-38-35(42)33-23-34(30-14-7-8-15-32(30)39-33)45-25-28-11-5-4-6-12-28/h4-15,22-23,26,31H,16-21,24-25H2,1-3H3,(H,38,42). The van der Waals surface area contributed by atoms with Crippen LogP contribution in [0.4, 0.5) is 5.69 Å². The fraction of sp³-hybridized carbons (Fsp3) is 0.351. The number of rotatable bonds is 12. The van der Waals surface area contributed by atoms with Crippen molar-refractivity contribution in [3.63, 3.8) is 0 Å². The number of nitrogens with zero attached hydrogens (tertiary/aromatic N) is 3. The zero-order valence-electron chi connectivity index (χ0n) is 26.8. The number of esters is 1. The average Bonchev–Trinajstić information content (AvgIpc) is 3.08. The van der Waals surface area contributed by atoms with Crippen LogP contribution in [0.15, 0.2) is 84.9 Å². The summed E-state index contributed by atoms with van der Waals surface area (Å²) in [6.45, 7) is 8.96. The van der Waals surface area contributed by atoms with Gasteiger partial charge in [-0.15, -0.1) is 0 Å². The molecule has 1 unspecified atom stereocenters. The number of pyridine rings is 1. The molecule has 0 radical (unpaired) electrons. The number of para-hydroxylation sites is 1. The highest BCUT2D eigenvalue weighted by molar-refractivity contribution is 5.99. The van der Waals surface area contributed by atoms with Crippen molar-refractivity contribution >= 4 is 34.4 Å². The molecule has 2 amide bonds. The maximum atomic E-state index is 13.7. The number of benzene rings is 3. The molecular weight excluding hydrogens is 580 g/mol. The number of carbonyl (C=O) groups excluding carboxylic acids is 3. The first-order valence-corrected chi connectivity index (χ1v) is 15.9. The number of fused-ring (bicyclic) bond motifs is 1. The lowest BCUT2D eigenvalue weighted by Gasteiger charge is -2.37. The van der Waals surface area contributed by atoms with Gasteiger partial charge in [0.1, 0.15) is 24.0 Å². The lowest BCUT2D eigenvalue weighted by atomic mass is 10.0. The lowest BCUT2D eigenvalue weighted by Crippen LogP contribution is -2.52. The molecule has 1 aromatic heterocycles. The van der Waals surface area contributed by atoms with E-state index in [0.29, 0.717) is 44.1 Å². The molecule has 9 nitrogen and oxygen atoms in total. The molecule has 1 atom stereocenters. The third-order valence-corrected chi connectivity index (χ3v) is 7.97. The molecule has 1 N–H and O–H groups in total. The summed E-state index contributed by atoms with van der Waals surface area (Å²) in [6.07, 6.45) is 0.116. The Morgan fingerprint density at radius 2 is 1.63 bits per heavy atom. The van der Waals surface area contributed by atoms with Crippen molar-refractivity contribution in [1.29, 1.82) is 0 Å². The second-order valence-electron chi connectivity index (χ2n) is 12.1. The van der Waals surface area contributed by atoms with E-state index in [-0.39, 0.29) is 37.1 Å². The molecule has 2 heterocycles. The normalized spacial score (nSPS) is 13.8. The van der Waals surface area contributed by atoms with Crippen LogP contribution in [0.2, 0.25) is 0 Å². The topological polar surface area (TPSA) is 101 Å². The monoisotopic (exact) mass is 622 g/mol. The van der Waals surface area contributed by atoms with E-state index in [1.165, 1.54) is 5.56 Å². The number of anilines is 1. The van der Waals surface area contributed by atoms with E-state index in [1.54, 1.807) is 11.0 Å². The molecule has 3 aromatic carbocycles. The van der Waals surface area contributed by atoms with Gasteiger partial charge in [0.15, 0.2) is 0 Å². The van der Waals surface area contributed by atoms with E-state index >= 15 is 0 Å². The molecule has 1 saturated heterocycles. The van der Waals surface area contributed by atoms with Crippen LogP contribution in [0.5, 0.6) is 5.75 Å². The summed E-state index contributed by atoms with van der Waals surface area (Å²) >= 11 is 0. The van der Waals surface area contributed by atoms with Crippen LogP contribution in [0, 0.1) is 18.8 Å². The summed E-state index contributed by atoms with van der Waals surface area (Å²) in [5.74, 6) is -1.58. The van der Waals surface area contributed by atoms with Crippen LogP contribution in [0.1, 0.15) is 41.9 Å². The fourth-order valence-corrected chi connectivity index (χ4v) is 5.46. The van der Waals surface area contributed by atoms with Gasteiger partial charge in [-0.05, 0) is 54.7 Å². The van der Waals surface area contributed by atoms with Gasteiger partial charge in [0.05, 0.1) is 12.1 Å². The molecule has 5 rings (SSSR count). The van der Waals surface area contributed by atoms with E-state index in [2.05, 4.69) is 40.3 Å². The van der Waals surface area contributed by atoms with Crippen LogP contribution >= 0.6 is 0 Å². The zero-order valence-corrected chi connectivity index (χ0v) is 26.8. The molecule has 240 valence electrons. The van der Waals surface area contributed by atoms with Crippen molar-refractivity contribution in [1.82, 2.24) is 15.2 Å². The van der Waals surface area contributed by atoms with E-state index in [0.717, 1.165) is 16.6 Å². The molecule has 9 heteroatoms. The molecule has 1 aliphatic heterocycles. The maximum Gasteiger partial charge on any atom is 0.318 e. The Morgan fingerprint density at radius 3 is 2.37 bits per heavy atom. The molecule has 1 fully saturated rings. The first kappa shape index (κ1) is 32.5. The molecule has 46 heavy (non-hydrogen) atoms. The Morgan fingerprint density at radius 1 is 0.891 bits per heavy atom. The van der Waals surface area contributed by atoms with E-state index in [9.17, 15) is 14.4 Å². The predicted octanol–water partition coefficient (Wildman–Crippen LogP) is 5.41. The minimum absolute atomic E-state index is 0.101. The first-order chi connectivity index (χ1) is 22.3. The van der Waals surface area contributed by atoms with Crippen LogP contribution in [0.25, 0.3) is 10.9 Å². The number of hydrogen-bond acceptors (Lipinski definition) is 7. The van der Waals surface area contributed by atoms with Crippen molar-refractivity contribution in [3.05, 3.63) is 102 Å². The van der Waals surface area contributed by atoms with Crippen molar-refractivity contribution in [2.24, 2.45) is 11.8 Å². The minimum atomic E-state index is -1.01.